The molecule has 0 fully saturated rings. The number of thioether (sulfide) groups is 1. The van der Waals surface area contributed by atoms with Gasteiger partial charge in [0.2, 0.25) is 0 Å². The third kappa shape index (κ3) is 5.27. The van der Waals surface area contributed by atoms with Crippen LogP contribution in [0.5, 0.6) is 0 Å². The number of carbonyl (C=O) groups is 1. The number of hydrazone groups is 1. The summed E-state index contributed by atoms with van der Waals surface area (Å²) < 4.78 is 2.56. The molecule has 0 saturated heterocycles. The number of benzene rings is 2. The lowest BCUT2D eigenvalue weighted by molar-refractivity contribution is -0.118. The maximum Gasteiger partial charge on any atom is 0.267 e. The summed E-state index contributed by atoms with van der Waals surface area (Å²) in [5.41, 5.74) is 6.41. The van der Waals surface area contributed by atoms with Gasteiger partial charge >= 0.3 is 0 Å². The summed E-state index contributed by atoms with van der Waals surface area (Å²) in [5.74, 6) is -0.175. The summed E-state index contributed by atoms with van der Waals surface area (Å²) in [7, 11) is 0. The highest BCUT2D eigenvalue weighted by Crippen LogP contribution is 2.35. The summed E-state index contributed by atoms with van der Waals surface area (Å²) in [6, 6.07) is 15.4. The number of nitrogens with one attached hydrogen (secondary N) is 1. The van der Waals surface area contributed by atoms with Crippen molar-refractivity contribution in [2.45, 2.75) is 37.8 Å². The van der Waals surface area contributed by atoms with Gasteiger partial charge in [-0.3, -0.25) is 14.2 Å². The molecule has 4 aromatic rings. The minimum atomic E-state index is -0.263. The molecule has 0 aliphatic heterocycles. The molecule has 0 unspecified atom stereocenters. The van der Waals surface area contributed by atoms with Gasteiger partial charge in [-0.15, -0.1) is 11.3 Å². The highest BCUT2D eigenvalue weighted by atomic mass is 79.9. The molecule has 178 valence electrons. The van der Waals surface area contributed by atoms with Crippen LogP contribution < -0.4 is 11.0 Å². The van der Waals surface area contributed by atoms with E-state index in [1.165, 1.54) is 16.6 Å². The van der Waals surface area contributed by atoms with E-state index in [9.17, 15) is 9.59 Å². The van der Waals surface area contributed by atoms with Gasteiger partial charge in [-0.25, -0.2) is 10.4 Å². The number of aromatic nitrogens is 2. The monoisotopic (exact) mass is 566 g/mol. The average Bonchev–Trinajstić information content (AvgIpc) is 3.22. The Morgan fingerprint density at radius 1 is 1.23 bits per heavy atom. The molecule has 0 bridgehead atoms. The molecule has 0 spiro atoms. The summed E-state index contributed by atoms with van der Waals surface area (Å²) in [5, 5.41) is 5.29. The van der Waals surface area contributed by atoms with Crippen LogP contribution in [0.2, 0.25) is 0 Å². The highest BCUT2D eigenvalue weighted by Gasteiger charge is 2.23. The largest absolute Gasteiger partial charge is 0.272 e. The second kappa shape index (κ2) is 10.5. The molecule has 5 rings (SSSR count). The number of thiophene rings is 1. The molecule has 35 heavy (non-hydrogen) atoms. The van der Waals surface area contributed by atoms with Gasteiger partial charge in [-0.2, -0.15) is 5.10 Å². The van der Waals surface area contributed by atoms with Crippen LogP contribution in [0, 0.1) is 6.92 Å². The number of amides is 1. The third-order valence-electron chi connectivity index (χ3n) is 5.82. The minimum Gasteiger partial charge on any atom is -0.272 e. The van der Waals surface area contributed by atoms with E-state index >= 15 is 0 Å². The molecular formula is C26H23BrN4O2S2. The van der Waals surface area contributed by atoms with Crippen LogP contribution in [0.3, 0.4) is 0 Å². The van der Waals surface area contributed by atoms with E-state index in [4.69, 9.17) is 4.98 Å². The Morgan fingerprint density at radius 3 is 2.83 bits per heavy atom. The molecule has 2 aromatic heterocycles. The first-order chi connectivity index (χ1) is 17.0. The van der Waals surface area contributed by atoms with Crippen molar-refractivity contribution in [3.8, 4) is 5.69 Å². The summed E-state index contributed by atoms with van der Waals surface area (Å²) in [6.45, 7) is 2.01. The lowest BCUT2D eigenvalue weighted by Gasteiger charge is -2.13. The summed E-state index contributed by atoms with van der Waals surface area (Å²) in [4.78, 5) is 33.1. The smallest absolute Gasteiger partial charge is 0.267 e. The third-order valence-corrected chi connectivity index (χ3v) is 8.47. The van der Waals surface area contributed by atoms with Crippen LogP contribution in [0.1, 0.15) is 34.4 Å². The first-order valence-corrected chi connectivity index (χ1v) is 13.9. The number of halogens is 1. The van der Waals surface area contributed by atoms with Gasteiger partial charge in [0, 0.05) is 9.35 Å². The molecule has 0 radical (unpaired) electrons. The van der Waals surface area contributed by atoms with Crippen molar-refractivity contribution >= 4 is 61.4 Å². The van der Waals surface area contributed by atoms with E-state index in [0.717, 1.165) is 62.8 Å². The second-order valence-electron chi connectivity index (χ2n) is 8.40. The standard InChI is InChI=1S/C26H23BrN4O2S2/c1-16-5-4-6-17(13-16)14-28-30-22(32)15-34-26-29-24-23(20-7-2-3-8-21(20)35-24)25(33)31(26)19-11-9-18(27)10-12-19/h4-6,9-14H,2-3,7-8,15H2,1H3,(H,30,32). The Labute approximate surface area is 219 Å². The Balaban J connectivity index is 1.43. The molecule has 1 amide bonds. The van der Waals surface area contributed by atoms with Crippen LogP contribution in [0.25, 0.3) is 15.9 Å². The Morgan fingerprint density at radius 2 is 2.03 bits per heavy atom. The molecule has 0 saturated carbocycles. The zero-order chi connectivity index (χ0) is 24.4. The van der Waals surface area contributed by atoms with Crippen molar-refractivity contribution < 1.29 is 4.79 Å². The molecule has 1 aliphatic rings. The topological polar surface area (TPSA) is 76.3 Å². The van der Waals surface area contributed by atoms with E-state index in [2.05, 4.69) is 26.5 Å². The second-order valence-corrected chi connectivity index (χ2v) is 11.3. The molecule has 2 heterocycles. The number of fused-ring (bicyclic) bond motifs is 3. The maximum absolute atomic E-state index is 13.7. The van der Waals surface area contributed by atoms with Crippen molar-refractivity contribution in [2.75, 3.05) is 5.75 Å². The van der Waals surface area contributed by atoms with Crippen molar-refractivity contribution in [3.05, 3.63) is 84.9 Å². The normalized spacial score (nSPS) is 13.3. The molecule has 9 heteroatoms. The Kier molecular flexibility index (Phi) is 7.17. The molecule has 1 aliphatic carbocycles. The molecular weight excluding hydrogens is 544 g/mol. The predicted octanol–water partition coefficient (Wildman–Crippen LogP) is 5.64. The lowest BCUT2D eigenvalue weighted by atomic mass is 9.97. The van der Waals surface area contributed by atoms with E-state index in [0.29, 0.717) is 5.16 Å². The van der Waals surface area contributed by atoms with Crippen molar-refractivity contribution in [1.29, 1.82) is 0 Å². The SMILES string of the molecule is Cc1cccc(C=NNC(=O)CSc2nc3sc4c(c3c(=O)n2-c2ccc(Br)cc2)CCCC4)c1. The summed E-state index contributed by atoms with van der Waals surface area (Å²) >= 11 is 6.31. The number of nitrogens with zero attached hydrogens (tertiary/aromatic N) is 3. The van der Waals surface area contributed by atoms with Gasteiger partial charge in [0.05, 0.1) is 23.0 Å². The maximum atomic E-state index is 13.7. The van der Waals surface area contributed by atoms with Gasteiger partial charge in [0.25, 0.3) is 11.5 Å². The zero-order valence-corrected chi connectivity index (χ0v) is 22.3. The fourth-order valence-corrected chi connectivity index (χ4v) is 6.56. The van der Waals surface area contributed by atoms with Crippen molar-refractivity contribution in [3.63, 3.8) is 0 Å². The zero-order valence-electron chi connectivity index (χ0n) is 19.1. The molecule has 2 aromatic carbocycles. The summed E-state index contributed by atoms with van der Waals surface area (Å²) in [6.07, 6.45) is 5.77. The van der Waals surface area contributed by atoms with Crippen LogP contribution >= 0.6 is 39.0 Å². The average molecular weight is 568 g/mol. The molecule has 0 atom stereocenters. The van der Waals surface area contributed by atoms with Crippen molar-refractivity contribution in [2.24, 2.45) is 5.10 Å². The lowest BCUT2D eigenvalue weighted by Crippen LogP contribution is -2.24. The van der Waals surface area contributed by atoms with E-state index in [-0.39, 0.29) is 17.2 Å². The van der Waals surface area contributed by atoms with Crippen LogP contribution in [0.15, 0.2) is 68.1 Å². The van der Waals surface area contributed by atoms with Crippen LogP contribution in [-0.2, 0) is 17.6 Å². The minimum absolute atomic E-state index is 0.0721. The quantitative estimate of drug-likeness (QED) is 0.142. The number of hydrogen-bond donors (Lipinski definition) is 1. The number of carbonyl (C=O) groups excluding carboxylic acids is 1. The first-order valence-electron chi connectivity index (χ1n) is 11.3. The van der Waals surface area contributed by atoms with Gasteiger partial charge in [-0.05, 0) is 68.0 Å². The number of rotatable bonds is 6. The number of hydrogen-bond acceptors (Lipinski definition) is 6. The molecule has 1 N–H and O–H groups in total. The number of aryl methyl sites for hydroxylation is 3. The van der Waals surface area contributed by atoms with Gasteiger partial charge in [-0.1, -0.05) is 57.5 Å². The van der Waals surface area contributed by atoms with E-state index in [1.807, 2.05) is 55.5 Å². The molecule has 6 nitrogen and oxygen atoms in total. The fourth-order valence-electron chi connectivity index (χ4n) is 4.19. The Hall–Kier alpha value is -2.75. The van der Waals surface area contributed by atoms with Crippen LogP contribution in [-0.4, -0.2) is 27.4 Å². The fraction of sp³-hybridized carbons (Fsp3) is 0.231. The van der Waals surface area contributed by atoms with Gasteiger partial charge in [0.15, 0.2) is 5.16 Å². The van der Waals surface area contributed by atoms with Crippen molar-refractivity contribution in [1.82, 2.24) is 15.0 Å². The van der Waals surface area contributed by atoms with Gasteiger partial charge in [0.1, 0.15) is 4.83 Å². The highest BCUT2D eigenvalue weighted by molar-refractivity contribution is 9.10. The van der Waals surface area contributed by atoms with Crippen LogP contribution in [0.4, 0.5) is 0 Å². The van der Waals surface area contributed by atoms with Gasteiger partial charge < -0.3 is 0 Å². The van der Waals surface area contributed by atoms with E-state index in [1.54, 1.807) is 22.1 Å². The van der Waals surface area contributed by atoms with E-state index < -0.39 is 0 Å². The predicted molar refractivity (Wildman–Crippen MR) is 147 cm³/mol. The Bertz CT molecular complexity index is 1490. The first kappa shape index (κ1) is 24.0.